The number of methoxy groups -OCH3 is 1. The van der Waals surface area contributed by atoms with E-state index in [1.165, 1.54) is 0 Å². The van der Waals surface area contributed by atoms with E-state index in [-0.39, 0.29) is 18.4 Å². The Morgan fingerprint density at radius 3 is 2.63 bits per heavy atom. The number of carbonyl (C=O) groups excluding carboxylic acids is 1. The molecular weight excluding hydrogens is 364 g/mol. The number of ether oxygens (including phenoxy) is 1. The summed E-state index contributed by atoms with van der Waals surface area (Å²) >= 11 is 5.98. The fourth-order valence-corrected chi connectivity index (χ4v) is 3.13. The van der Waals surface area contributed by atoms with Crippen molar-refractivity contribution >= 4 is 23.2 Å². The second-order valence-electron chi connectivity index (χ2n) is 6.58. The Bertz CT molecular complexity index is 921. The molecule has 1 unspecified atom stereocenters. The number of pyridine rings is 1. The highest BCUT2D eigenvalue weighted by Crippen LogP contribution is 2.20. The molecule has 2 aromatic heterocycles. The highest BCUT2D eigenvalue weighted by atomic mass is 35.5. The molecule has 6 nitrogen and oxygen atoms in total. The molecule has 1 aromatic carbocycles. The third-order valence-corrected chi connectivity index (χ3v) is 4.65. The summed E-state index contributed by atoms with van der Waals surface area (Å²) < 4.78 is 7.03. The third kappa shape index (κ3) is 4.78. The van der Waals surface area contributed by atoms with Crippen LogP contribution < -0.4 is 10.1 Å². The van der Waals surface area contributed by atoms with E-state index in [4.69, 9.17) is 16.3 Å². The molecule has 0 saturated heterocycles. The molecule has 0 saturated carbocycles. The minimum atomic E-state index is -0.0649. The van der Waals surface area contributed by atoms with Gasteiger partial charge in [-0.05, 0) is 43.9 Å². The zero-order valence-corrected chi connectivity index (χ0v) is 16.4. The van der Waals surface area contributed by atoms with Gasteiger partial charge in [-0.25, -0.2) is 4.98 Å². The van der Waals surface area contributed by atoms with Crippen LogP contribution in [0.4, 0.5) is 0 Å². The number of halogens is 1. The van der Waals surface area contributed by atoms with Crippen molar-refractivity contribution in [2.45, 2.75) is 12.5 Å². The largest absolute Gasteiger partial charge is 0.497 e. The van der Waals surface area contributed by atoms with Crippen molar-refractivity contribution in [1.29, 1.82) is 0 Å². The first kappa shape index (κ1) is 19.2. The lowest BCUT2D eigenvalue weighted by Crippen LogP contribution is -2.35. The van der Waals surface area contributed by atoms with Crippen molar-refractivity contribution < 1.29 is 9.53 Å². The first-order chi connectivity index (χ1) is 13.0. The number of likely N-dealkylation sites (N-methyl/N-ethyl adjacent to an activating group) is 1. The van der Waals surface area contributed by atoms with Crippen molar-refractivity contribution in [2.75, 3.05) is 27.7 Å². The maximum Gasteiger partial charge on any atom is 0.226 e. The molecule has 0 spiro atoms. The van der Waals surface area contributed by atoms with Gasteiger partial charge in [-0.2, -0.15) is 0 Å². The molecule has 27 heavy (non-hydrogen) atoms. The maximum atomic E-state index is 12.4. The first-order valence-corrected chi connectivity index (χ1v) is 9.04. The molecule has 7 heteroatoms. The summed E-state index contributed by atoms with van der Waals surface area (Å²) in [5.41, 5.74) is 2.59. The van der Waals surface area contributed by atoms with Gasteiger partial charge >= 0.3 is 0 Å². The van der Waals surface area contributed by atoms with Gasteiger partial charge in [-0.15, -0.1) is 0 Å². The van der Waals surface area contributed by atoms with Gasteiger partial charge in [-0.3, -0.25) is 4.79 Å². The molecule has 1 N–H and O–H groups in total. The Morgan fingerprint density at radius 2 is 1.96 bits per heavy atom. The van der Waals surface area contributed by atoms with Gasteiger partial charge in [0.2, 0.25) is 5.91 Å². The highest BCUT2D eigenvalue weighted by molar-refractivity contribution is 6.30. The number of carbonyl (C=O) groups is 1. The molecule has 2 heterocycles. The standard InChI is InChI=1S/C20H23ClN4O2/c1-24(2)18(14-4-7-17(27-3)8-5-14)11-22-20(26)10-16-13-25-12-15(21)6-9-19(25)23-16/h4-9,12-13,18H,10-11H2,1-3H3,(H,22,26). The molecule has 0 bridgehead atoms. The summed E-state index contributed by atoms with van der Waals surface area (Å²) in [5.74, 6) is 0.747. The lowest BCUT2D eigenvalue weighted by atomic mass is 10.1. The molecule has 0 fully saturated rings. The molecule has 1 atom stereocenters. The molecule has 3 rings (SSSR count). The molecule has 142 valence electrons. The topological polar surface area (TPSA) is 58.9 Å². The van der Waals surface area contributed by atoms with E-state index in [2.05, 4.69) is 15.2 Å². The van der Waals surface area contributed by atoms with Gasteiger partial charge in [0.15, 0.2) is 0 Å². The number of imidazole rings is 1. The average Bonchev–Trinajstić information content (AvgIpc) is 3.03. The van der Waals surface area contributed by atoms with Gasteiger partial charge in [-0.1, -0.05) is 23.7 Å². The fraction of sp³-hybridized carbons (Fsp3) is 0.300. The zero-order chi connectivity index (χ0) is 19.4. The van der Waals surface area contributed by atoms with E-state index in [0.29, 0.717) is 17.3 Å². The van der Waals surface area contributed by atoms with Crippen LogP contribution in [0, 0.1) is 0 Å². The number of fused-ring (bicyclic) bond motifs is 1. The SMILES string of the molecule is COc1ccc(C(CNC(=O)Cc2cn3cc(Cl)ccc3n2)N(C)C)cc1. The number of hydrogen-bond acceptors (Lipinski definition) is 4. The molecule has 3 aromatic rings. The van der Waals surface area contributed by atoms with Crippen molar-refractivity contribution in [2.24, 2.45) is 0 Å². The summed E-state index contributed by atoms with van der Waals surface area (Å²) in [6.07, 6.45) is 3.83. The van der Waals surface area contributed by atoms with E-state index < -0.39 is 0 Å². The zero-order valence-electron chi connectivity index (χ0n) is 15.6. The lowest BCUT2D eigenvalue weighted by molar-refractivity contribution is -0.120. The second-order valence-corrected chi connectivity index (χ2v) is 7.01. The Balaban J connectivity index is 1.62. The average molecular weight is 387 g/mol. The highest BCUT2D eigenvalue weighted by Gasteiger charge is 2.16. The van der Waals surface area contributed by atoms with Crippen LogP contribution in [0.25, 0.3) is 5.65 Å². The Kier molecular flexibility index (Phi) is 5.98. The van der Waals surface area contributed by atoms with Crippen molar-refractivity contribution in [3.8, 4) is 5.75 Å². The summed E-state index contributed by atoms with van der Waals surface area (Å²) in [5, 5.41) is 3.64. The third-order valence-electron chi connectivity index (χ3n) is 4.42. The van der Waals surface area contributed by atoms with E-state index in [9.17, 15) is 4.79 Å². The Labute approximate surface area is 163 Å². The van der Waals surface area contributed by atoms with Crippen LogP contribution in [0.5, 0.6) is 5.75 Å². The fourth-order valence-electron chi connectivity index (χ4n) is 2.96. The van der Waals surface area contributed by atoms with Gasteiger partial charge in [0.25, 0.3) is 0 Å². The second kappa shape index (κ2) is 8.41. The summed E-state index contributed by atoms with van der Waals surface area (Å²) in [6, 6.07) is 11.6. The van der Waals surface area contributed by atoms with Gasteiger partial charge in [0, 0.05) is 18.9 Å². The maximum absolute atomic E-state index is 12.4. The van der Waals surface area contributed by atoms with Crippen LogP contribution in [0.15, 0.2) is 48.8 Å². The molecule has 1 amide bonds. The van der Waals surface area contributed by atoms with Crippen LogP contribution >= 0.6 is 11.6 Å². The monoisotopic (exact) mass is 386 g/mol. The number of hydrogen-bond donors (Lipinski definition) is 1. The number of nitrogens with zero attached hydrogens (tertiary/aromatic N) is 3. The molecule has 0 aliphatic carbocycles. The van der Waals surface area contributed by atoms with Crippen LogP contribution in [-0.2, 0) is 11.2 Å². The van der Waals surface area contributed by atoms with E-state index in [1.807, 2.05) is 55.0 Å². The lowest BCUT2D eigenvalue weighted by Gasteiger charge is -2.25. The summed E-state index contributed by atoms with van der Waals surface area (Å²) in [6.45, 7) is 0.511. The Hall–Kier alpha value is -2.57. The predicted molar refractivity (Wildman–Crippen MR) is 106 cm³/mol. The molecule has 0 aliphatic heterocycles. The smallest absolute Gasteiger partial charge is 0.226 e. The van der Waals surface area contributed by atoms with Crippen LogP contribution in [-0.4, -0.2) is 47.9 Å². The van der Waals surface area contributed by atoms with Crippen LogP contribution in [0.3, 0.4) is 0 Å². The molecule has 0 radical (unpaired) electrons. The van der Waals surface area contributed by atoms with Crippen molar-refractivity contribution in [3.63, 3.8) is 0 Å². The van der Waals surface area contributed by atoms with E-state index in [0.717, 1.165) is 17.0 Å². The number of amides is 1. The van der Waals surface area contributed by atoms with Gasteiger partial charge < -0.3 is 19.4 Å². The van der Waals surface area contributed by atoms with Gasteiger partial charge in [0.1, 0.15) is 11.4 Å². The molecule has 0 aliphatic rings. The van der Waals surface area contributed by atoms with Crippen LogP contribution in [0.2, 0.25) is 5.02 Å². The Morgan fingerprint density at radius 1 is 1.22 bits per heavy atom. The number of rotatable bonds is 7. The number of nitrogens with one attached hydrogen (secondary N) is 1. The number of aromatic nitrogens is 2. The quantitative estimate of drug-likeness (QED) is 0.678. The minimum absolute atomic E-state index is 0.0649. The molecular formula is C20H23ClN4O2. The van der Waals surface area contributed by atoms with Crippen molar-refractivity contribution in [1.82, 2.24) is 19.6 Å². The minimum Gasteiger partial charge on any atom is -0.497 e. The van der Waals surface area contributed by atoms with E-state index in [1.54, 1.807) is 19.4 Å². The van der Waals surface area contributed by atoms with Crippen molar-refractivity contribution in [3.05, 3.63) is 65.1 Å². The first-order valence-electron chi connectivity index (χ1n) is 8.66. The number of benzene rings is 1. The normalized spacial score (nSPS) is 12.3. The summed E-state index contributed by atoms with van der Waals surface area (Å²) in [7, 11) is 5.63. The van der Waals surface area contributed by atoms with Crippen LogP contribution in [0.1, 0.15) is 17.3 Å². The summed E-state index contributed by atoms with van der Waals surface area (Å²) in [4.78, 5) is 18.9. The van der Waals surface area contributed by atoms with E-state index >= 15 is 0 Å². The van der Waals surface area contributed by atoms with Gasteiger partial charge in [0.05, 0.1) is 30.3 Å². The predicted octanol–water partition coefficient (Wildman–Crippen LogP) is 2.96.